The molecule has 1 amide bonds. The van der Waals surface area contributed by atoms with Gasteiger partial charge in [0.15, 0.2) is 0 Å². The van der Waals surface area contributed by atoms with Gasteiger partial charge in [-0.1, -0.05) is 19.3 Å². The summed E-state index contributed by atoms with van der Waals surface area (Å²) in [5, 5.41) is 0. The molecule has 2 N–H and O–H groups in total. The standard InChI is InChI=1S/C15H30N2O2/c1-13(2)19-10-9-17(3)14(18)11-15(12-16)7-5-4-6-8-15/h13H,4-12,16H2,1-3H3. The van der Waals surface area contributed by atoms with Crippen LogP contribution in [0.15, 0.2) is 0 Å². The second kappa shape index (κ2) is 7.85. The molecule has 0 radical (unpaired) electrons. The zero-order valence-electron chi connectivity index (χ0n) is 12.8. The summed E-state index contributed by atoms with van der Waals surface area (Å²) >= 11 is 0. The molecule has 0 aromatic carbocycles. The molecular weight excluding hydrogens is 240 g/mol. The summed E-state index contributed by atoms with van der Waals surface area (Å²) in [6.45, 7) is 5.92. The molecule has 4 nitrogen and oxygen atoms in total. The topological polar surface area (TPSA) is 55.6 Å². The van der Waals surface area contributed by atoms with Crippen LogP contribution >= 0.6 is 0 Å². The van der Waals surface area contributed by atoms with Gasteiger partial charge < -0.3 is 15.4 Å². The molecule has 0 heterocycles. The van der Waals surface area contributed by atoms with Crippen LogP contribution in [0.25, 0.3) is 0 Å². The van der Waals surface area contributed by atoms with Crippen molar-refractivity contribution in [2.24, 2.45) is 11.1 Å². The second-order valence-electron chi connectivity index (χ2n) is 6.18. The third-order valence-corrected chi connectivity index (χ3v) is 4.18. The fraction of sp³-hybridized carbons (Fsp3) is 0.933. The maximum atomic E-state index is 12.3. The maximum absolute atomic E-state index is 12.3. The fourth-order valence-corrected chi connectivity index (χ4v) is 2.76. The molecule has 0 saturated heterocycles. The van der Waals surface area contributed by atoms with E-state index in [-0.39, 0.29) is 17.4 Å². The minimum absolute atomic E-state index is 0.0580. The first-order valence-electron chi connectivity index (χ1n) is 7.55. The molecule has 0 aliphatic heterocycles. The summed E-state index contributed by atoms with van der Waals surface area (Å²) in [7, 11) is 1.86. The number of nitrogens with zero attached hydrogens (tertiary/aromatic N) is 1. The molecule has 1 fully saturated rings. The van der Waals surface area contributed by atoms with Gasteiger partial charge in [0.05, 0.1) is 12.7 Å². The highest BCUT2D eigenvalue weighted by atomic mass is 16.5. The van der Waals surface area contributed by atoms with Gasteiger partial charge in [0.2, 0.25) is 5.91 Å². The molecule has 0 bridgehead atoms. The molecule has 1 saturated carbocycles. The van der Waals surface area contributed by atoms with E-state index in [1.165, 1.54) is 19.3 Å². The van der Waals surface area contributed by atoms with Crippen molar-refractivity contribution in [3.63, 3.8) is 0 Å². The Kier molecular flexibility index (Phi) is 6.80. The predicted molar refractivity (Wildman–Crippen MR) is 77.9 cm³/mol. The molecule has 112 valence electrons. The van der Waals surface area contributed by atoms with E-state index in [9.17, 15) is 4.79 Å². The van der Waals surface area contributed by atoms with Crippen molar-refractivity contribution in [2.45, 2.75) is 58.5 Å². The van der Waals surface area contributed by atoms with Crippen LogP contribution < -0.4 is 5.73 Å². The Labute approximate surface area is 117 Å². The molecule has 1 rings (SSSR count). The smallest absolute Gasteiger partial charge is 0.222 e. The van der Waals surface area contributed by atoms with Crippen molar-refractivity contribution in [2.75, 3.05) is 26.7 Å². The van der Waals surface area contributed by atoms with Gasteiger partial charge in [0.1, 0.15) is 0 Å². The lowest BCUT2D eigenvalue weighted by atomic mass is 9.71. The maximum Gasteiger partial charge on any atom is 0.222 e. The molecule has 0 aromatic heterocycles. The van der Waals surface area contributed by atoms with Gasteiger partial charge in [-0.05, 0) is 38.6 Å². The van der Waals surface area contributed by atoms with Crippen LogP contribution in [0.3, 0.4) is 0 Å². The van der Waals surface area contributed by atoms with Crippen molar-refractivity contribution in [1.82, 2.24) is 4.90 Å². The number of rotatable bonds is 7. The summed E-state index contributed by atoms with van der Waals surface area (Å²) in [6.07, 6.45) is 6.74. The Morgan fingerprint density at radius 1 is 1.32 bits per heavy atom. The monoisotopic (exact) mass is 270 g/mol. The van der Waals surface area contributed by atoms with Gasteiger partial charge >= 0.3 is 0 Å². The van der Waals surface area contributed by atoms with Crippen molar-refractivity contribution in [1.29, 1.82) is 0 Å². The van der Waals surface area contributed by atoms with E-state index < -0.39 is 0 Å². The number of carbonyl (C=O) groups excluding carboxylic acids is 1. The molecule has 1 aliphatic carbocycles. The van der Waals surface area contributed by atoms with Crippen LogP contribution in [-0.2, 0) is 9.53 Å². The first-order valence-corrected chi connectivity index (χ1v) is 7.55. The Morgan fingerprint density at radius 3 is 2.47 bits per heavy atom. The van der Waals surface area contributed by atoms with Gasteiger partial charge in [0.25, 0.3) is 0 Å². The lowest BCUT2D eigenvalue weighted by molar-refractivity contribution is -0.133. The molecule has 1 aliphatic rings. The van der Waals surface area contributed by atoms with Crippen LogP contribution in [0.4, 0.5) is 0 Å². The van der Waals surface area contributed by atoms with Crippen LogP contribution in [0, 0.1) is 5.41 Å². The van der Waals surface area contributed by atoms with Gasteiger partial charge in [-0.15, -0.1) is 0 Å². The molecule has 19 heavy (non-hydrogen) atoms. The summed E-state index contributed by atoms with van der Waals surface area (Å²) in [6, 6.07) is 0. The van der Waals surface area contributed by atoms with E-state index in [0.717, 1.165) is 12.8 Å². The van der Waals surface area contributed by atoms with E-state index >= 15 is 0 Å². The highest BCUT2D eigenvalue weighted by molar-refractivity contribution is 5.76. The first kappa shape index (κ1) is 16.4. The number of hydrogen-bond donors (Lipinski definition) is 1. The summed E-state index contributed by atoms with van der Waals surface area (Å²) < 4.78 is 5.49. The second-order valence-corrected chi connectivity index (χ2v) is 6.18. The normalized spacial score (nSPS) is 18.6. The Morgan fingerprint density at radius 2 is 1.95 bits per heavy atom. The van der Waals surface area contributed by atoms with E-state index in [1.807, 2.05) is 20.9 Å². The van der Waals surface area contributed by atoms with Crippen LogP contribution in [0.2, 0.25) is 0 Å². The van der Waals surface area contributed by atoms with Gasteiger partial charge in [0, 0.05) is 20.0 Å². The fourth-order valence-electron chi connectivity index (χ4n) is 2.76. The number of carbonyl (C=O) groups is 1. The van der Waals surface area contributed by atoms with Crippen molar-refractivity contribution < 1.29 is 9.53 Å². The largest absolute Gasteiger partial charge is 0.377 e. The third-order valence-electron chi connectivity index (χ3n) is 4.18. The highest BCUT2D eigenvalue weighted by Gasteiger charge is 2.33. The number of likely N-dealkylation sites (N-methyl/N-ethyl adjacent to an activating group) is 1. The number of hydrogen-bond acceptors (Lipinski definition) is 3. The predicted octanol–water partition coefficient (Wildman–Crippen LogP) is 2.17. The molecule has 0 spiro atoms. The quantitative estimate of drug-likeness (QED) is 0.771. The molecule has 0 aromatic rings. The average Bonchev–Trinajstić information content (AvgIpc) is 2.39. The summed E-state index contributed by atoms with van der Waals surface area (Å²) in [5.41, 5.74) is 5.99. The average molecular weight is 270 g/mol. The number of nitrogens with two attached hydrogens (primary N) is 1. The zero-order valence-corrected chi connectivity index (χ0v) is 12.8. The van der Waals surface area contributed by atoms with Crippen molar-refractivity contribution in [3.05, 3.63) is 0 Å². The highest BCUT2D eigenvalue weighted by Crippen LogP contribution is 2.38. The van der Waals surface area contributed by atoms with Crippen molar-refractivity contribution in [3.8, 4) is 0 Å². The lowest BCUT2D eigenvalue weighted by Crippen LogP contribution is -2.40. The minimum Gasteiger partial charge on any atom is -0.377 e. The molecular formula is C15H30N2O2. The minimum atomic E-state index is 0.0580. The third kappa shape index (κ3) is 5.49. The van der Waals surface area contributed by atoms with Crippen LogP contribution in [-0.4, -0.2) is 43.7 Å². The number of amides is 1. The van der Waals surface area contributed by atoms with E-state index in [0.29, 0.717) is 26.1 Å². The molecule has 0 atom stereocenters. The van der Waals surface area contributed by atoms with Crippen LogP contribution in [0.1, 0.15) is 52.4 Å². The van der Waals surface area contributed by atoms with Gasteiger partial charge in [-0.2, -0.15) is 0 Å². The molecule has 4 heteroatoms. The van der Waals surface area contributed by atoms with Gasteiger partial charge in [-0.3, -0.25) is 4.79 Å². The van der Waals surface area contributed by atoms with Crippen molar-refractivity contribution >= 4 is 5.91 Å². The van der Waals surface area contributed by atoms with Crippen LogP contribution in [0.5, 0.6) is 0 Å². The number of ether oxygens (including phenoxy) is 1. The lowest BCUT2D eigenvalue weighted by Gasteiger charge is -2.36. The van der Waals surface area contributed by atoms with E-state index in [1.54, 1.807) is 4.90 Å². The Bertz CT molecular complexity index is 273. The van der Waals surface area contributed by atoms with E-state index in [2.05, 4.69) is 0 Å². The SMILES string of the molecule is CC(C)OCCN(C)C(=O)CC1(CN)CCCCC1. The summed E-state index contributed by atoms with van der Waals surface area (Å²) in [5.74, 6) is 0.208. The zero-order chi connectivity index (χ0) is 14.3. The first-order chi connectivity index (χ1) is 8.99. The Hall–Kier alpha value is -0.610. The molecule has 0 unspecified atom stereocenters. The Balaban J connectivity index is 2.39. The summed E-state index contributed by atoms with van der Waals surface area (Å²) in [4.78, 5) is 14.1. The van der Waals surface area contributed by atoms with E-state index in [4.69, 9.17) is 10.5 Å². The van der Waals surface area contributed by atoms with Gasteiger partial charge in [-0.25, -0.2) is 0 Å².